The third kappa shape index (κ3) is 4.16. The van der Waals surface area contributed by atoms with Gasteiger partial charge in [-0.1, -0.05) is 12.1 Å². The number of pyridine rings is 1. The van der Waals surface area contributed by atoms with E-state index in [0.29, 0.717) is 0 Å². The van der Waals surface area contributed by atoms with Crippen LogP contribution in [-0.4, -0.2) is 29.5 Å². The van der Waals surface area contributed by atoms with Crippen LogP contribution in [0.15, 0.2) is 48.7 Å². The number of benzene rings is 2. The van der Waals surface area contributed by atoms with Crippen LogP contribution in [0.5, 0.6) is 0 Å². The molecule has 1 N–H and O–H groups in total. The summed E-state index contributed by atoms with van der Waals surface area (Å²) in [5.41, 5.74) is 3.47. The van der Waals surface area contributed by atoms with Gasteiger partial charge in [0.1, 0.15) is 5.82 Å². The van der Waals surface area contributed by atoms with Gasteiger partial charge in [-0.2, -0.15) is 0 Å². The molecule has 0 aliphatic carbocycles. The number of nitro benzene ring substituents is 1. The molecule has 0 saturated carbocycles. The van der Waals surface area contributed by atoms with E-state index in [1.54, 1.807) is 18.3 Å². The quantitative estimate of drug-likeness (QED) is 0.486. The number of nitro groups is 1. The highest BCUT2D eigenvalue weighted by molar-refractivity contribution is 5.95. The van der Waals surface area contributed by atoms with E-state index < -0.39 is 0 Å². The molecule has 0 amide bonds. The van der Waals surface area contributed by atoms with Crippen molar-refractivity contribution in [3.8, 4) is 0 Å². The molecule has 3 rings (SSSR count). The summed E-state index contributed by atoms with van der Waals surface area (Å²) in [6.07, 6.45) is 1.76. The predicted octanol–water partition coefficient (Wildman–Crippen LogP) is 4.70. The zero-order valence-electron chi connectivity index (χ0n) is 15.9. The van der Waals surface area contributed by atoms with Gasteiger partial charge < -0.3 is 10.2 Å². The van der Waals surface area contributed by atoms with E-state index in [0.717, 1.165) is 41.8 Å². The van der Waals surface area contributed by atoms with Crippen molar-refractivity contribution in [1.82, 2.24) is 4.98 Å². The van der Waals surface area contributed by atoms with Crippen LogP contribution in [0.3, 0.4) is 0 Å². The Morgan fingerprint density at radius 1 is 1.15 bits per heavy atom. The number of likely N-dealkylation sites (N-methyl/N-ethyl adjacent to an activating group) is 1. The fourth-order valence-corrected chi connectivity index (χ4v) is 3.22. The molecule has 0 unspecified atom stereocenters. The van der Waals surface area contributed by atoms with Crippen LogP contribution in [-0.2, 0) is 0 Å². The second kappa shape index (κ2) is 8.03. The number of non-ortho nitro benzene ring substituents is 1. The molecule has 0 aliphatic heterocycles. The minimum absolute atomic E-state index is 0.0966. The molecule has 0 atom stereocenters. The van der Waals surface area contributed by atoms with E-state index in [9.17, 15) is 10.1 Å². The summed E-state index contributed by atoms with van der Waals surface area (Å²) < 4.78 is 0. The molecule has 3 aromatic rings. The van der Waals surface area contributed by atoms with E-state index in [1.165, 1.54) is 17.3 Å². The van der Waals surface area contributed by atoms with E-state index in [2.05, 4.69) is 53.3 Å². The van der Waals surface area contributed by atoms with Gasteiger partial charge in [-0.3, -0.25) is 10.1 Å². The Morgan fingerprint density at radius 3 is 2.67 bits per heavy atom. The van der Waals surface area contributed by atoms with Crippen molar-refractivity contribution in [3.63, 3.8) is 0 Å². The molecule has 27 heavy (non-hydrogen) atoms. The maximum absolute atomic E-state index is 11.0. The second-order valence-electron chi connectivity index (χ2n) is 6.62. The standard InChI is InChI=1S/C21H24N4O2/c1-4-24(17-7-5-6-15(2)12-17)11-10-22-21-19-9-8-18(25(26)27)13-20(19)16(3)14-23-21/h5-9,12-14H,4,10-11H2,1-3H3,(H,22,23). The number of fused-ring (bicyclic) bond motifs is 1. The van der Waals surface area contributed by atoms with Crippen LogP contribution in [0.25, 0.3) is 10.8 Å². The van der Waals surface area contributed by atoms with E-state index >= 15 is 0 Å². The first-order valence-corrected chi connectivity index (χ1v) is 9.09. The zero-order valence-corrected chi connectivity index (χ0v) is 15.9. The first-order chi connectivity index (χ1) is 13.0. The summed E-state index contributed by atoms with van der Waals surface area (Å²) in [7, 11) is 0. The fraction of sp³-hybridized carbons (Fsp3) is 0.286. The summed E-state index contributed by atoms with van der Waals surface area (Å²) >= 11 is 0. The summed E-state index contributed by atoms with van der Waals surface area (Å²) in [4.78, 5) is 17.5. The number of aromatic nitrogens is 1. The third-order valence-corrected chi connectivity index (χ3v) is 4.70. The number of hydrogen-bond acceptors (Lipinski definition) is 5. The average molecular weight is 364 g/mol. The lowest BCUT2D eigenvalue weighted by Crippen LogP contribution is -2.29. The highest BCUT2D eigenvalue weighted by atomic mass is 16.6. The van der Waals surface area contributed by atoms with Gasteiger partial charge in [0, 0.05) is 49.0 Å². The van der Waals surface area contributed by atoms with Crippen molar-refractivity contribution >= 4 is 28.0 Å². The van der Waals surface area contributed by atoms with Crippen molar-refractivity contribution in [2.45, 2.75) is 20.8 Å². The van der Waals surface area contributed by atoms with Crippen LogP contribution >= 0.6 is 0 Å². The molecule has 0 aliphatic rings. The average Bonchev–Trinajstić information content (AvgIpc) is 2.66. The lowest BCUT2D eigenvalue weighted by atomic mass is 10.1. The molecule has 0 spiro atoms. The van der Waals surface area contributed by atoms with Crippen molar-refractivity contribution < 1.29 is 4.92 Å². The zero-order chi connectivity index (χ0) is 19.4. The van der Waals surface area contributed by atoms with Gasteiger partial charge in [0.05, 0.1) is 4.92 Å². The van der Waals surface area contributed by atoms with Crippen molar-refractivity contribution in [2.24, 2.45) is 0 Å². The minimum atomic E-state index is -0.368. The van der Waals surface area contributed by atoms with Gasteiger partial charge in [0.25, 0.3) is 5.69 Å². The summed E-state index contributed by atoms with van der Waals surface area (Å²) in [5.74, 6) is 0.755. The van der Waals surface area contributed by atoms with Crippen LogP contribution in [0.1, 0.15) is 18.1 Å². The molecule has 140 valence electrons. The third-order valence-electron chi connectivity index (χ3n) is 4.70. The molecular formula is C21H24N4O2. The molecule has 0 saturated heterocycles. The van der Waals surface area contributed by atoms with Gasteiger partial charge in [-0.15, -0.1) is 0 Å². The number of rotatable bonds is 7. The molecule has 6 nitrogen and oxygen atoms in total. The van der Waals surface area contributed by atoms with E-state index in [-0.39, 0.29) is 10.6 Å². The summed E-state index contributed by atoms with van der Waals surface area (Å²) in [5, 5.41) is 16.2. The SMILES string of the molecule is CCN(CCNc1ncc(C)c2cc([N+](=O)[O-])ccc12)c1cccc(C)c1. The fourth-order valence-electron chi connectivity index (χ4n) is 3.22. The van der Waals surface area contributed by atoms with Crippen molar-refractivity contribution in [3.05, 3.63) is 69.9 Å². The Kier molecular flexibility index (Phi) is 5.54. The molecule has 2 aromatic carbocycles. The molecule has 1 heterocycles. The van der Waals surface area contributed by atoms with Crippen LogP contribution in [0.2, 0.25) is 0 Å². The molecular weight excluding hydrogens is 340 g/mol. The number of anilines is 2. The lowest BCUT2D eigenvalue weighted by molar-refractivity contribution is -0.384. The van der Waals surface area contributed by atoms with Gasteiger partial charge in [0.15, 0.2) is 0 Å². The molecule has 6 heteroatoms. The highest BCUT2D eigenvalue weighted by Crippen LogP contribution is 2.28. The maximum atomic E-state index is 11.0. The molecule has 0 radical (unpaired) electrons. The Hall–Kier alpha value is -3.15. The monoisotopic (exact) mass is 364 g/mol. The molecule has 1 aromatic heterocycles. The maximum Gasteiger partial charge on any atom is 0.270 e. The van der Waals surface area contributed by atoms with Gasteiger partial charge in [0.2, 0.25) is 0 Å². The number of nitrogens with zero attached hydrogens (tertiary/aromatic N) is 3. The normalized spacial score (nSPS) is 10.8. The smallest absolute Gasteiger partial charge is 0.270 e. The van der Waals surface area contributed by atoms with E-state index in [1.807, 2.05) is 6.92 Å². The number of aryl methyl sites for hydroxylation is 2. The van der Waals surface area contributed by atoms with Crippen LogP contribution < -0.4 is 10.2 Å². The first kappa shape index (κ1) is 18.6. The minimum Gasteiger partial charge on any atom is -0.370 e. The van der Waals surface area contributed by atoms with Gasteiger partial charge in [-0.05, 0) is 55.5 Å². The number of nitrogens with one attached hydrogen (secondary N) is 1. The topological polar surface area (TPSA) is 71.3 Å². The largest absolute Gasteiger partial charge is 0.370 e. The number of hydrogen-bond donors (Lipinski definition) is 1. The summed E-state index contributed by atoms with van der Waals surface area (Å²) in [6.45, 7) is 8.63. The van der Waals surface area contributed by atoms with Crippen LogP contribution in [0.4, 0.5) is 17.2 Å². The van der Waals surface area contributed by atoms with Gasteiger partial charge in [-0.25, -0.2) is 4.98 Å². The van der Waals surface area contributed by atoms with Gasteiger partial charge >= 0.3 is 0 Å². The van der Waals surface area contributed by atoms with Crippen molar-refractivity contribution in [2.75, 3.05) is 29.9 Å². The Bertz CT molecular complexity index is 972. The Labute approximate surface area is 159 Å². The molecule has 0 fully saturated rings. The van der Waals surface area contributed by atoms with Crippen molar-refractivity contribution in [1.29, 1.82) is 0 Å². The lowest BCUT2D eigenvalue weighted by Gasteiger charge is -2.24. The Balaban J connectivity index is 1.77. The highest BCUT2D eigenvalue weighted by Gasteiger charge is 2.11. The van der Waals surface area contributed by atoms with E-state index in [4.69, 9.17) is 0 Å². The first-order valence-electron chi connectivity index (χ1n) is 9.09. The molecule has 0 bridgehead atoms. The predicted molar refractivity (Wildman–Crippen MR) is 111 cm³/mol. The Morgan fingerprint density at radius 2 is 1.96 bits per heavy atom. The second-order valence-corrected chi connectivity index (χ2v) is 6.62. The summed E-state index contributed by atoms with van der Waals surface area (Å²) in [6, 6.07) is 13.4. The van der Waals surface area contributed by atoms with Crippen LogP contribution in [0, 0.1) is 24.0 Å².